The SMILES string of the molecule is CC.Cc1ccc(C2(CN)CCCC2)cc1. The summed E-state index contributed by atoms with van der Waals surface area (Å²) in [6, 6.07) is 8.91. The van der Waals surface area contributed by atoms with Gasteiger partial charge in [0.25, 0.3) is 0 Å². The van der Waals surface area contributed by atoms with E-state index in [1.165, 1.54) is 36.8 Å². The van der Waals surface area contributed by atoms with E-state index in [2.05, 4.69) is 31.2 Å². The molecule has 1 fully saturated rings. The number of benzene rings is 1. The van der Waals surface area contributed by atoms with Crippen LogP contribution in [0.5, 0.6) is 0 Å². The third-order valence-corrected chi connectivity index (χ3v) is 3.62. The molecule has 1 aromatic rings. The monoisotopic (exact) mass is 219 g/mol. The van der Waals surface area contributed by atoms with Gasteiger partial charge in [-0.2, -0.15) is 0 Å². The minimum absolute atomic E-state index is 0.299. The lowest BCUT2D eigenvalue weighted by molar-refractivity contribution is 0.453. The Morgan fingerprint density at radius 3 is 2.00 bits per heavy atom. The Balaban J connectivity index is 0.000000606. The number of hydrogen-bond acceptors (Lipinski definition) is 1. The van der Waals surface area contributed by atoms with E-state index in [0.29, 0.717) is 5.41 Å². The van der Waals surface area contributed by atoms with E-state index in [9.17, 15) is 0 Å². The van der Waals surface area contributed by atoms with E-state index in [0.717, 1.165) is 6.54 Å². The first kappa shape index (κ1) is 13.2. The smallest absolute Gasteiger partial charge is 0.00755 e. The molecule has 2 rings (SSSR count). The lowest BCUT2D eigenvalue weighted by Crippen LogP contribution is -2.31. The molecule has 0 amide bonds. The van der Waals surface area contributed by atoms with Crippen LogP contribution < -0.4 is 5.73 Å². The first-order chi connectivity index (χ1) is 7.77. The summed E-state index contributed by atoms with van der Waals surface area (Å²) in [5.74, 6) is 0. The molecule has 0 spiro atoms. The zero-order valence-corrected chi connectivity index (χ0v) is 10.9. The van der Waals surface area contributed by atoms with Gasteiger partial charge in [0.15, 0.2) is 0 Å². The summed E-state index contributed by atoms with van der Waals surface area (Å²) in [7, 11) is 0. The van der Waals surface area contributed by atoms with E-state index >= 15 is 0 Å². The lowest BCUT2D eigenvalue weighted by Gasteiger charge is -2.27. The molecular formula is C15H25N. The van der Waals surface area contributed by atoms with Crippen molar-refractivity contribution in [2.24, 2.45) is 5.73 Å². The third-order valence-electron chi connectivity index (χ3n) is 3.62. The molecule has 0 aromatic heterocycles. The first-order valence-electron chi connectivity index (χ1n) is 6.54. The van der Waals surface area contributed by atoms with Gasteiger partial charge in [-0.05, 0) is 25.3 Å². The molecular weight excluding hydrogens is 194 g/mol. The lowest BCUT2D eigenvalue weighted by atomic mass is 9.79. The Labute approximate surface area is 100 Å². The molecule has 0 heterocycles. The van der Waals surface area contributed by atoms with Crippen molar-refractivity contribution in [3.8, 4) is 0 Å². The zero-order valence-electron chi connectivity index (χ0n) is 10.9. The molecule has 0 unspecified atom stereocenters. The summed E-state index contributed by atoms with van der Waals surface area (Å²) in [5.41, 5.74) is 9.02. The number of nitrogens with two attached hydrogens (primary N) is 1. The normalized spacial score (nSPS) is 17.8. The van der Waals surface area contributed by atoms with Crippen molar-refractivity contribution in [1.82, 2.24) is 0 Å². The number of rotatable bonds is 2. The van der Waals surface area contributed by atoms with Crippen molar-refractivity contribution in [1.29, 1.82) is 0 Å². The fraction of sp³-hybridized carbons (Fsp3) is 0.600. The highest BCUT2D eigenvalue weighted by Crippen LogP contribution is 2.40. The summed E-state index contributed by atoms with van der Waals surface area (Å²) >= 11 is 0. The van der Waals surface area contributed by atoms with Crippen molar-refractivity contribution < 1.29 is 0 Å². The molecule has 90 valence electrons. The molecule has 1 saturated carbocycles. The molecule has 0 atom stereocenters. The predicted molar refractivity (Wildman–Crippen MR) is 71.7 cm³/mol. The maximum absolute atomic E-state index is 5.94. The summed E-state index contributed by atoms with van der Waals surface area (Å²) in [6.45, 7) is 6.93. The summed E-state index contributed by atoms with van der Waals surface area (Å²) < 4.78 is 0. The van der Waals surface area contributed by atoms with Crippen LogP contribution >= 0.6 is 0 Å². The second kappa shape index (κ2) is 6.05. The van der Waals surface area contributed by atoms with Gasteiger partial charge in [-0.15, -0.1) is 0 Å². The van der Waals surface area contributed by atoms with Crippen LogP contribution in [-0.2, 0) is 5.41 Å². The van der Waals surface area contributed by atoms with Gasteiger partial charge in [-0.25, -0.2) is 0 Å². The number of hydrogen-bond donors (Lipinski definition) is 1. The Morgan fingerprint density at radius 2 is 1.56 bits per heavy atom. The fourth-order valence-corrected chi connectivity index (χ4v) is 2.57. The average molecular weight is 219 g/mol. The molecule has 0 radical (unpaired) electrons. The second-order valence-corrected chi connectivity index (χ2v) is 4.56. The molecule has 1 heteroatoms. The van der Waals surface area contributed by atoms with Crippen LogP contribution in [0, 0.1) is 6.92 Å². The van der Waals surface area contributed by atoms with Crippen LogP contribution in [0.1, 0.15) is 50.7 Å². The Kier molecular flexibility index (Phi) is 5.01. The van der Waals surface area contributed by atoms with Gasteiger partial charge in [0.1, 0.15) is 0 Å². The van der Waals surface area contributed by atoms with Crippen LogP contribution in [0.4, 0.5) is 0 Å². The average Bonchev–Trinajstić information content (AvgIpc) is 2.82. The topological polar surface area (TPSA) is 26.0 Å². The minimum Gasteiger partial charge on any atom is -0.330 e. The van der Waals surface area contributed by atoms with Gasteiger partial charge < -0.3 is 5.73 Å². The molecule has 1 aliphatic rings. The summed E-state index contributed by atoms with van der Waals surface area (Å²) in [6.07, 6.45) is 5.22. The minimum atomic E-state index is 0.299. The molecule has 1 aromatic carbocycles. The molecule has 0 saturated heterocycles. The maximum Gasteiger partial charge on any atom is 0.00755 e. The predicted octanol–water partition coefficient (Wildman–Crippen LogP) is 3.79. The van der Waals surface area contributed by atoms with Crippen LogP contribution in [0.3, 0.4) is 0 Å². The molecule has 1 aliphatic carbocycles. The van der Waals surface area contributed by atoms with Crippen molar-refractivity contribution in [3.63, 3.8) is 0 Å². The van der Waals surface area contributed by atoms with Crippen LogP contribution in [0.15, 0.2) is 24.3 Å². The first-order valence-corrected chi connectivity index (χ1v) is 6.54. The maximum atomic E-state index is 5.94. The van der Waals surface area contributed by atoms with E-state index in [4.69, 9.17) is 5.73 Å². The third kappa shape index (κ3) is 2.65. The highest BCUT2D eigenvalue weighted by molar-refractivity contribution is 5.30. The van der Waals surface area contributed by atoms with Crippen molar-refractivity contribution in [3.05, 3.63) is 35.4 Å². The standard InChI is InChI=1S/C13H19N.C2H6/c1-11-4-6-12(7-5-11)13(10-14)8-2-3-9-13;1-2/h4-7H,2-3,8-10,14H2,1H3;1-2H3. The van der Waals surface area contributed by atoms with Crippen molar-refractivity contribution in [2.75, 3.05) is 6.54 Å². The van der Waals surface area contributed by atoms with E-state index in [1.54, 1.807) is 0 Å². The van der Waals surface area contributed by atoms with E-state index in [-0.39, 0.29) is 0 Å². The van der Waals surface area contributed by atoms with Gasteiger partial charge in [0.2, 0.25) is 0 Å². The van der Waals surface area contributed by atoms with Gasteiger partial charge in [0, 0.05) is 12.0 Å². The Morgan fingerprint density at radius 1 is 1.06 bits per heavy atom. The van der Waals surface area contributed by atoms with Crippen molar-refractivity contribution >= 4 is 0 Å². The van der Waals surface area contributed by atoms with Gasteiger partial charge >= 0.3 is 0 Å². The van der Waals surface area contributed by atoms with E-state index in [1.807, 2.05) is 13.8 Å². The molecule has 0 aliphatic heterocycles. The molecule has 16 heavy (non-hydrogen) atoms. The Bertz CT molecular complexity index is 294. The fourth-order valence-electron chi connectivity index (χ4n) is 2.57. The van der Waals surface area contributed by atoms with Gasteiger partial charge in [-0.1, -0.05) is 56.5 Å². The highest BCUT2D eigenvalue weighted by Gasteiger charge is 2.33. The zero-order chi connectivity index (χ0) is 12.0. The summed E-state index contributed by atoms with van der Waals surface area (Å²) in [4.78, 5) is 0. The Hall–Kier alpha value is -0.820. The van der Waals surface area contributed by atoms with Crippen LogP contribution in [0.25, 0.3) is 0 Å². The summed E-state index contributed by atoms with van der Waals surface area (Å²) in [5, 5.41) is 0. The number of aryl methyl sites for hydroxylation is 1. The highest BCUT2D eigenvalue weighted by atomic mass is 14.6. The molecule has 2 N–H and O–H groups in total. The molecule has 1 nitrogen and oxygen atoms in total. The van der Waals surface area contributed by atoms with Crippen LogP contribution in [-0.4, -0.2) is 6.54 Å². The molecule has 0 bridgehead atoms. The van der Waals surface area contributed by atoms with E-state index < -0.39 is 0 Å². The van der Waals surface area contributed by atoms with Crippen molar-refractivity contribution in [2.45, 2.75) is 51.9 Å². The quantitative estimate of drug-likeness (QED) is 0.804. The largest absolute Gasteiger partial charge is 0.330 e. The van der Waals surface area contributed by atoms with Gasteiger partial charge in [0.05, 0.1) is 0 Å². The van der Waals surface area contributed by atoms with Gasteiger partial charge in [-0.3, -0.25) is 0 Å². The van der Waals surface area contributed by atoms with Crippen LogP contribution in [0.2, 0.25) is 0 Å². The second-order valence-electron chi connectivity index (χ2n) is 4.56.